The van der Waals surface area contributed by atoms with Crippen molar-refractivity contribution in [2.45, 2.75) is 44.6 Å². The third-order valence-corrected chi connectivity index (χ3v) is 7.27. The summed E-state index contributed by atoms with van der Waals surface area (Å²) in [6.07, 6.45) is 4.55. The highest BCUT2D eigenvalue weighted by molar-refractivity contribution is 7.89. The summed E-state index contributed by atoms with van der Waals surface area (Å²) >= 11 is 0. The maximum Gasteiger partial charge on any atom is 0.240 e. The Hall–Kier alpha value is -2.14. The number of carbonyl (C=O) groups is 1. The van der Waals surface area contributed by atoms with Crippen LogP contribution in [0.2, 0.25) is 0 Å². The molecule has 4 rings (SSSR count). The number of carbonyl (C=O) groups excluding carboxylic acids is 1. The van der Waals surface area contributed by atoms with Crippen LogP contribution in [-0.4, -0.2) is 30.4 Å². The third-order valence-electron chi connectivity index (χ3n) is 5.42. The molecule has 0 aromatic heterocycles. The fraction of sp³-hybridized carbons (Fsp3) is 0.381. The van der Waals surface area contributed by atoms with Gasteiger partial charge in [0.25, 0.3) is 0 Å². The van der Waals surface area contributed by atoms with E-state index in [0.29, 0.717) is 12.8 Å². The van der Waals surface area contributed by atoms with Gasteiger partial charge in [-0.2, -0.15) is 0 Å². The van der Waals surface area contributed by atoms with Gasteiger partial charge < -0.3 is 0 Å². The monoisotopic (exact) mass is 369 g/mol. The van der Waals surface area contributed by atoms with Gasteiger partial charge in [0.05, 0.1) is 18.2 Å². The fourth-order valence-corrected chi connectivity index (χ4v) is 5.92. The molecule has 0 bridgehead atoms. The summed E-state index contributed by atoms with van der Waals surface area (Å²) in [4.78, 5) is 12.9. The van der Waals surface area contributed by atoms with Crippen LogP contribution in [0.1, 0.15) is 35.1 Å². The molecule has 1 saturated heterocycles. The van der Waals surface area contributed by atoms with Crippen LogP contribution < -0.4 is 0 Å². The van der Waals surface area contributed by atoms with Crippen molar-refractivity contribution in [2.24, 2.45) is 0 Å². The SMILES string of the molecule is O=C(Cc1ccc2c(c1)CCC2)N1C(Cc2ccccc2)CCS1(=O)=O. The standard InChI is InChI=1S/C21H23NO3S/c23-21(15-17-9-10-18-7-4-8-19(18)13-17)22-20(11-12-26(22,24)25)14-16-5-2-1-3-6-16/h1-3,5-6,9-10,13,20H,4,7-8,11-12,14-15H2. The zero-order valence-electron chi connectivity index (χ0n) is 14.7. The second kappa shape index (κ2) is 6.88. The largest absolute Gasteiger partial charge is 0.273 e. The van der Waals surface area contributed by atoms with Gasteiger partial charge in [-0.15, -0.1) is 0 Å². The first-order chi connectivity index (χ1) is 12.5. The van der Waals surface area contributed by atoms with Gasteiger partial charge in [-0.25, -0.2) is 12.7 Å². The Bertz CT molecular complexity index is 922. The van der Waals surface area contributed by atoms with Crippen LogP contribution in [0.5, 0.6) is 0 Å². The summed E-state index contributed by atoms with van der Waals surface area (Å²) in [6.45, 7) is 0. The Morgan fingerprint density at radius 3 is 2.58 bits per heavy atom. The molecule has 0 N–H and O–H groups in total. The van der Waals surface area contributed by atoms with Gasteiger partial charge in [0.15, 0.2) is 0 Å². The Morgan fingerprint density at radius 1 is 1.00 bits per heavy atom. The van der Waals surface area contributed by atoms with Crippen molar-refractivity contribution in [1.82, 2.24) is 4.31 Å². The molecule has 4 nitrogen and oxygen atoms in total. The van der Waals surface area contributed by atoms with E-state index in [1.807, 2.05) is 36.4 Å². The van der Waals surface area contributed by atoms with Crippen molar-refractivity contribution >= 4 is 15.9 Å². The molecule has 1 aliphatic heterocycles. The van der Waals surface area contributed by atoms with Gasteiger partial charge >= 0.3 is 0 Å². The molecule has 2 aromatic rings. The zero-order valence-corrected chi connectivity index (χ0v) is 15.5. The van der Waals surface area contributed by atoms with Crippen LogP contribution in [0, 0.1) is 0 Å². The van der Waals surface area contributed by atoms with Gasteiger partial charge in [0.1, 0.15) is 0 Å². The minimum Gasteiger partial charge on any atom is -0.273 e. The van der Waals surface area contributed by atoms with Crippen LogP contribution in [0.4, 0.5) is 0 Å². The Balaban J connectivity index is 1.53. The molecule has 1 fully saturated rings. The predicted octanol–water partition coefficient (Wildman–Crippen LogP) is 2.89. The number of fused-ring (bicyclic) bond motifs is 1. The number of nitrogens with zero attached hydrogens (tertiary/aromatic N) is 1. The molecule has 1 amide bonds. The van der Waals surface area contributed by atoms with Crippen molar-refractivity contribution in [1.29, 1.82) is 0 Å². The lowest BCUT2D eigenvalue weighted by atomic mass is 10.0. The lowest BCUT2D eigenvalue weighted by Crippen LogP contribution is -2.40. The van der Waals surface area contributed by atoms with Gasteiger partial charge in [-0.05, 0) is 54.4 Å². The minimum atomic E-state index is -3.50. The molecule has 1 atom stereocenters. The molecular formula is C21H23NO3S. The van der Waals surface area contributed by atoms with E-state index in [1.54, 1.807) is 0 Å². The number of aryl methyl sites for hydroxylation is 2. The molecule has 1 unspecified atom stereocenters. The maximum atomic E-state index is 12.9. The number of rotatable bonds is 4. The van der Waals surface area contributed by atoms with E-state index in [9.17, 15) is 13.2 Å². The quantitative estimate of drug-likeness (QED) is 0.833. The smallest absolute Gasteiger partial charge is 0.240 e. The van der Waals surface area contributed by atoms with Gasteiger partial charge in [0.2, 0.25) is 15.9 Å². The Morgan fingerprint density at radius 2 is 1.77 bits per heavy atom. The van der Waals surface area contributed by atoms with Crippen LogP contribution in [0.15, 0.2) is 48.5 Å². The first-order valence-corrected chi connectivity index (χ1v) is 10.8. The number of hydrogen-bond donors (Lipinski definition) is 0. The highest BCUT2D eigenvalue weighted by Gasteiger charge is 2.40. The average Bonchev–Trinajstić information content (AvgIpc) is 3.19. The van der Waals surface area contributed by atoms with Crippen LogP contribution in [0.25, 0.3) is 0 Å². The summed E-state index contributed by atoms with van der Waals surface area (Å²) in [5.41, 5.74) is 4.64. The molecule has 0 saturated carbocycles. The van der Waals surface area contributed by atoms with Crippen molar-refractivity contribution in [3.8, 4) is 0 Å². The predicted molar refractivity (Wildman–Crippen MR) is 101 cm³/mol. The maximum absolute atomic E-state index is 12.9. The topological polar surface area (TPSA) is 54.5 Å². The van der Waals surface area contributed by atoms with Crippen molar-refractivity contribution in [2.75, 3.05) is 5.75 Å². The zero-order chi connectivity index (χ0) is 18.1. The number of amides is 1. The van der Waals surface area contributed by atoms with Gasteiger partial charge in [0, 0.05) is 0 Å². The number of benzene rings is 2. The molecule has 1 aliphatic carbocycles. The van der Waals surface area contributed by atoms with E-state index in [2.05, 4.69) is 12.1 Å². The highest BCUT2D eigenvalue weighted by Crippen LogP contribution is 2.27. The molecule has 0 radical (unpaired) electrons. The summed E-state index contributed by atoms with van der Waals surface area (Å²) < 4.78 is 26.1. The molecule has 5 heteroatoms. The molecule has 2 aromatic carbocycles. The molecule has 136 valence electrons. The van der Waals surface area contributed by atoms with E-state index in [1.165, 1.54) is 11.1 Å². The third kappa shape index (κ3) is 3.40. The highest BCUT2D eigenvalue weighted by atomic mass is 32.2. The average molecular weight is 369 g/mol. The second-order valence-corrected chi connectivity index (χ2v) is 9.24. The lowest BCUT2D eigenvalue weighted by molar-refractivity contribution is -0.126. The normalized spacial score (nSPS) is 20.9. The Kier molecular flexibility index (Phi) is 4.57. The van der Waals surface area contributed by atoms with Crippen LogP contribution in [-0.2, 0) is 40.5 Å². The summed E-state index contributed by atoms with van der Waals surface area (Å²) in [5, 5.41) is 0. The van der Waals surface area contributed by atoms with E-state index >= 15 is 0 Å². The summed E-state index contributed by atoms with van der Waals surface area (Å²) in [7, 11) is -3.50. The van der Waals surface area contributed by atoms with E-state index in [4.69, 9.17) is 0 Å². The van der Waals surface area contributed by atoms with Crippen LogP contribution in [0.3, 0.4) is 0 Å². The molecule has 0 spiro atoms. The van der Waals surface area contributed by atoms with E-state index in [0.717, 1.165) is 34.7 Å². The second-order valence-electron chi connectivity index (χ2n) is 7.27. The van der Waals surface area contributed by atoms with Gasteiger partial charge in [-0.1, -0.05) is 48.5 Å². The Labute approximate surface area is 154 Å². The molecule has 1 heterocycles. The fourth-order valence-electron chi connectivity index (χ4n) is 4.15. The first-order valence-electron chi connectivity index (χ1n) is 9.22. The number of sulfonamides is 1. The minimum absolute atomic E-state index is 0.0560. The lowest BCUT2D eigenvalue weighted by Gasteiger charge is -2.23. The van der Waals surface area contributed by atoms with Crippen molar-refractivity contribution < 1.29 is 13.2 Å². The number of hydrogen-bond acceptors (Lipinski definition) is 3. The molecular weight excluding hydrogens is 346 g/mol. The van der Waals surface area contributed by atoms with E-state index < -0.39 is 10.0 Å². The molecule has 2 aliphatic rings. The molecule has 26 heavy (non-hydrogen) atoms. The van der Waals surface area contributed by atoms with Crippen molar-refractivity contribution in [3.63, 3.8) is 0 Å². The first kappa shape index (κ1) is 17.3. The van der Waals surface area contributed by atoms with Crippen molar-refractivity contribution in [3.05, 3.63) is 70.8 Å². The summed E-state index contributed by atoms with van der Waals surface area (Å²) in [6, 6.07) is 15.6. The van der Waals surface area contributed by atoms with Crippen LogP contribution >= 0.6 is 0 Å². The summed E-state index contributed by atoms with van der Waals surface area (Å²) in [5.74, 6) is -0.248. The van der Waals surface area contributed by atoms with Gasteiger partial charge in [-0.3, -0.25) is 4.79 Å². The van der Waals surface area contributed by atoms with E-state index in [-0.39, 0.29) is 24.1 Å².